The fourth-order valence-corrected chi connectivity index (χ4v) is 1.56. The molecule has 4 heteroatoms. The molecule has 1 unspecified atom stereocenters. The summed E-state index contributed by atoms with van der Waals surface area (Å²) in [5.41, 5.74) is 7.94. The van der Waals surface area contributed by atoms with Gasteiger partial charge in [-0.05, 0) is 6.92 Å². The Balaban J connectivity index is 2.20. The van der Waals surface area contributed by atoms with Crippen molar-refractivity contribution in [1.29, 1.82) is 0 Å². The van der Waals surface area contributed by atoms with Gasteiger partial charge in [-0.15, -0.1) is 0 Å². The first-order valence-electron chi connectivity index (χ1n) is 4.92. The van der Waals surface area contributed by atoms with Gasteiger partial charge in [-0.1, -0.05) is 0 Å². The molecule has 0 fully saturated rings. The molecule has 0 aliphatic carbocycles. The molecule has 0 amide bonds. The maximum absolute atomic E-state index is 5.70. The molecule has 14 heavy (non-hydrogen) atoms. The van der Waals surface area contributed by atoms with E-state index in [0.717, 1.165) is 36.5 Å². The lowest BCUT2D eigenvalue weighted by Crippen LogP contribution is -2.21. The minimum absolute atomic E-state index is 0.118. The lowest BCUT2D eigenvalue weighted by Gasteiger charge is -2.15. The summed E-state index contributed by atoms with van der Waals surface area (Å²) in [5, 5.41) is 0. The van der Waals surface area contributed by atoms with Gasteiger partial charge < -0.3 is 10.5 Å². The van der Waals surface area contributed by atoms with Crippen molar-refractivity contribution in [2.45, 2.75) is 32.4 Å². The number of aromatic nitrogens is 2. The zero-order valence-electron chi connectivity index (χ0n) is 8.36. The number of rotatable bonds is 2. The van der Waals surface area contributed by atoms with E-state index in [2.05, 4.69) is 9.97 Å². The Kier molecular flexibility index (Phi) is 2.74. The first kappa shape index (κ1) is 9.55. The van der Waals surface area contributed by atoms with E-state index in [-0.39, 0.29) is 6.04 Å². The highest BCUT2D eigenvalue weighted by Crippen LogP contribution is 2.13. The molecule has 0 bridgehead atoms. The molecule has 76 valence electrons. The third kappa shape index (κ3) is 2.08. The Morgan fingerprint density at radius 1 is 1.64 bits per heavy atom. The maximum Gasteiger partial charge on any atom is 0.130 e. The quantitative estimate of drug-likeness (QED) is 0.740. The second kappa shape index (κ2) is 4.02. The van der Waals surface area contributed by atoms with Gasteiger partial charge in [0.15, 0.2) is 0 Å². The standard InChI is InChI=1S/C10H15N3O/c1-7(11)4-10-12-5-8-6-14-3-2-9(8)13-10/h5,7H,2-4,6,11H2,1H3. The second-order valence-corrected chi connectivity index (χ2v) is 3.74. The summed E-state index contributed by atoms with van der Waals surface area (Å²) in [6.07, 6.45) is 3.50. The number of nitrogens with zero attached hydrogens (tertiary/aromatic N) is 2. The molecule has 1 aromatic rings. The molecule has 1 atom stereocenters. The predicted octanol–water partition coefficient (Wildman–Crippen LogP) is 0.439. The van der Waals surface area contributed by atoms with Gasteiger partial charge in [0.05, 0.1) is 18.9 Å². The molecular formula is C10H15N3O. The molecule has 0 saturated heterocycles. The van der Waals surface area contributed by atoms with Gasteiger partial charge in [-0.2, -0.15) is 0 Å². The minimum Gasteiger partial charge on any atom is -0.376 e. The van der Waals surface area contributed by atoms with Crippen molar-refractivity contribution in [3.63, 3.8) is 0 Å². The van der Waals surface area contributed by atoms with Crippen LogP contribution < -0.4 is 5.73 Å². The maximum atomic E-state index is 5.70. The Labute approximate surface area is 83.5 Å². The van der Waals surface area contributed by atoms with Crippen LogP contribution in [0.15, 0.2) is 6.20 Å². The number of nitrogens with two attached hydrogens (primary N) is 1. The Morgan fingerprint density at radius 2 is 2.50 bits per heavy atom. The zero-order valence-corrected chi connectivity index (χ0v) is 8.36. The second-order valence-electron chi connectivity index (χ2n) is 3.74. The van der Waals surface area contributed by atoms with Crippen molar-refractivity contribution in [2.75, 3.05) is 6.61 Å². The first-order chi connectivity index (χ1) is 6.75. The molecule has 0 spiro atoms. The van der Waals surface area contributed by atoms with Crippen LogP contribution in [0.2, 0.25) is 0 Å². The summed E-state index contributed by atoms with van der Waals surface area (Å²) in [4.78, 5) is 8.74. The smallest absolute Gasteiger partial charge is 0.130 e. The number of hydrogen-bond donors (Lipinski definition) is 1. The number of fused-ring (bicyclic) bond motifs is 1. The van der Waals surface area contributed by atoms with Crippen LogP contribution in [0.5, 0.6) is 0 Å². The van der Waals surface area contributed by atoms with Gasteiger partial charge >= 0.3 is 0 Å². The van der Waals surface area contributed by atoms with Crippen molar-refractivity contribution < 1.29 is 4.74 Å². The van der Waals surface area contributed by atoms with Crippen LogP contribution in [-0.4, -0.2) is 22.6 Å². The molecule has 0 saturated carbocycles. The van der Waals surface area contributed by atoms with Gasteiger partial charge in [0.1, 0.15) is 5.82 Å². The SMILES string of the molecule is CC(N)Cc1ncc2c(n1)CCOC2. The number of hydrogen-bond acceptors (Lipinski definition) is 4. The molecule has 2 heterocycles. The molecule has 0 aromatic carbocycles. The van der Waals surface area contributed by atoms with Crippen molar-refractivity contribution in [3.8, 4) is 0 Å². The van der Waals surface area contributed by atoms with Crippen LogP contribution >= 0.6 is 0 Å². The highest BCUT2D eigenvalue weighted by Gasteiger charge is 2.12. The lowest BCUT2D eigenvalue weighted by atomic mass is 10.1. The summed E-state index contributed by atoms with van der Waals surface area (Å²) in [5.74, 6) is 0.848. The van der Waals surface area contributed by atoms with E-state index in [4.69, 9.17) is 10.5 Å². The third-order valence-electron chi connectivity index (χ3n) is 2.25. The first-order valence-corrected chi connectivity index (χ1v) is 4.92. The molecule has 0 radical (unpaired) electrons. The van der Waals surface area contributed by atoms with Gasteiger partial charge in [-0.3, -0.25) is 0 Å². The monoisotopic (exact) mass is 193 g/mol. The van der Waals surface area contributed by atoms with Gasteiger partial charge in [0.25, 0.3) is 0 Å². The molecule has 2 rings (SSSR count). The summed E-state index contributed by atoms with van der Waals surface area (Å²) < 4.78 is 5.31. The largest absolute Gasteiger partial charge is 0.376 e. The van der Waals surface area contributed by atoms with Crippen LogP contribution in [0.3, 0.4) is 0 Å². The van der Waals surface area contributed by atoms with E-state index in [9.17, 15) is 0 Å². The molecule has 1 aliphatic heterocycles. The molecule has 1 aromatic heterocycles. The van der Waals surface area contributed by atoms with E-state index in [1.54, 1.807) is 0 Å². The summed E-state index contributed by atoms with van der Waals surface area (Å²) >= 11 is 0. The normalized spacial score (nSPS) is 17.6. The topological polar surface area (TPSA) is 61.0 Å². The van der Waals surface area contributed by atoms with Crippen molar-refractivity contribution in [3.05, 3.63) is 23.3 Å². The predicted molar refractivity (Wildman–Crippen MR) is 52.7 cm³/mol. The lowest BCUT2D eigenvalue weighted by molar-refractivity contribution is 0.108. The molecule has 4 nitrogen and oxygen atoms in total. The van der Waals surface area contributed by atoms with Gasteiger partial charge in [0.2, 0.25) is 0 Å². The average molecular weight is 193 g/mol. The van der Waals surface area contributed by atoms with Crippen LogP contribution in [0.4, 0.5) is 0 Å². The summed E-state index contributed by atoms with van der Waals surface area (Å²) in [6, 6.07) is 0.118. The van der Waals surface area contributed by atoms with Gasteiger partial charge in [0, 0.05) is 30.6 Å². The van der Waals surface area contributed by atoms with E-state index in [0.29, 0.717) is 6.61 Å². The highest BCUT2D eigenvalue weighted by atomic mass is 16.5. The van der Waals surface area contributed by atoms with E-state index >= 15 is 0 Å². The van der Waals surface area contributed by atoms with E-state index in [1.807, 2.05) is 13.1 Å². The van der Waals surface area contributed by atoms with Crippen LogP contribution in [0.1, 0.15) is 24.0 Å². The highest BCUT2D eigenvalue weighted by molar-refractivity contribution is 5.18. The van der Waals surface area contributed by atoms with Gasteiger partial charge in [-0.25, -0.2) is 9.97 Å². The Bertz CT molecular complexity index is 325. The summed E-state index contributed by atoms with van der Waals surface area (Å²) in [6.45, 7) is 3.38. The average Bonchev–Trinajstić information content (AvgIpc) is 2.17. The van der Waals surface area contributed by atoms with E-state index in [1.165, 1.54) is 0 Å². The van der Waals surface area contributed by atoms with E-state index < -0.39 is 0 Å². The van der Waals surface area contributed by atoms with Crippen molar-refractivity contribution >= 4 is 0 Å². The minimum atomic E-state index is 0.118. The van der Waals surface area contributed by atoms with Crippen molar-refractivity contribution in [1.82, 2.24) is 9.97 Å². The van der Waals surface area contributed by atoms with Crippen LogP contribution in [-0.2, 0) is 24.2 Å². The van der Waals surface area contributed by atoms with Crippen LogP contribution in [0.25, 0.3) is 0 Å². The zero-order chi connectivity index (χ0) is 9.97. The Morgan fingerprint density at radius 3 is 3.29 bits per heavy atom. The molecular weight excluding hydrogens is 178 g/mol. The summed E-state index contributed by atoms with van der Waals surface area (Å²) in [7, 11) is 0. The number of ether oxygens (including phenoxy) is 1. The molecule has 1 aliphatic rings. The molecule has 2 N–H and O–H groups in total. The fraction of sp³-hybridized carbons (Fsp3) is 0.600. The third-order valence-corrected chi connectivity index (χ3v) is 2.25. The van der Waals surface area contributed by atoms with Crippen molar-refractivity contribution in [2.24, 2.45) is 5.73 Å². The fourth-order valence-electron chi connectivity index (χ4n) is 1.56. The van der Waals surface area contributed by atoms with Crippen LogP contribution in [0, 0.1) is 0 Å². The Hall–Kier alpha value is -1.00.